The van der Waals surface area contributed by atoms with Crippen molar-refractivity contribution in [2.75, 3.05) is 38.5 Å². The molecule has 0 aliphatic heterocycles. The lowest BCUT2D eigenvalue weighted by atomic mass is 10.1. The topological polar surface area (TPSA) is 323 Å². The molecule has 31 heteroatoms. The third-order valence-electron chi connectivity index (χ3n) is 15.7. The number of sulfonamides is 1. The van der Waals surface area contributed by atoms with Crippen molar-refractivity contribution in [3.63, 3.8) is 0 Å². The molecule has 0 saturated carbocycles. The molecule has 0 fully saturated rings. The fraction of sp³-hybridized carbons (Fsp3) is 0.0625. The van der Waals surface area contributed by atoms with Crippen LogP contribution in [0, 0.1) is 0 Å². The van der Waals surface area contributed by atoms with E-state index < -0.39 is 25.8 Å². The van der Waals surface area contributed by atoms with Gasteiger partial charge in [0.05, 0.1) is 90.3 Å². The van der Waals surface area contributed by atoms with Crippen molar-refractivity contribution >= 4 is 130 Å². The van der Waals surface area contributed by atoms with E-state index in [9.17, 15) is 36.0 Å². The number of hydrogen-bond donors (Lipinski definition) is 5. The summed E-state index contributed by atoms with van der Waals surface area (Å²) in [6.07, 6.45) is 16.8. The summed E-state index contributed by atoms with van der Waals surface area (Å²) in [5, 5.41) is 25.5. The Morgan fingerprint density at radius 1 is 0.396 bits per heavy atom. The molecule has 0 radical (unpaired) electrons. The summed E-state index contributed by atoms with van der Waals surface area (Å²) in [6, 6.07) is 65.3. The number of sulfone groups is 1. The van der Waals surface area contributed by atoms with Gasteiger partial charge in [-0.3, -0.25) is 43.8 Å². The maximum absolute atomic E-state index is 12.6. The predicted molar refractivity (Wildman–Crippen MR) is 434 cm³/mol. The molecule has 0 aliphatic rings. The van der Waals surface area contributed by atoms with Gasteiger partial charge in [-0.1, -0.05) is 118 Å². The Hall–Kier alpha value is -12.4. The number of halogens is 5. The van der Waals surface area contributed by atoms with Crippen LogP contribution < -0.4 is 26.0 Å². The molecule has 7 heterocycles. The molecular weight excluding hydrogens is 1550 g/mol. The number of hydrogen-bond acceptors (Lipinski definition) is 17. The highest BCUT2D eigenvalue weighted by Gasteiger charge is 2.18. The molecule has 14 rings (SSSR count). The molecule has 0 spiro atoms. The zero-order chi connectivity index (χ0) is 78.4. The summed E-state index contributed by atoms with van der Waals surface area (Å²) >= 11 is 31.3. The third-order valence-corrected chi connectivity index (χ3v) is 18.8. The van der Waals surface area contributed by atoms with Crippen molar-refractivity contribution in [1.82, 2.24) is 54.7 Å². The molecule has 14 aromatic rings. The number of pyridine rings is 5. The first-order valence-electron chi connectivity index (χ1n) is 33.3. The number of amides is 4. The number of aromatic nitrogens is 11. The second-order valence-corrected chi connectivity index (χ2v) is 30.2. The second-order valence-electron chi connectivity index (χ2n) is 24.2. The van der Waals surface area contributed by atoms with Gasteiger partial charge in [-0.15, -0.1) is 5.10 Å². The van der Waals surface area contributed by atoms with Gasteiger partial charge in [0.1, 0.15) is 18.5 Å². The first-order valence-corrected chi connectivity index (χ1v) is 39.1. The van der Waals surface area contributed by atoms with Gasteiger partial charge in [-0.05, 0) is 187 Å². The Balaban J connectivity index is 0.000000147. The van der Waals surface area contributed by atoms with E-state index in [1.54, 1.807) is 156 Å². The van der Waals surface area contributed by atoms with Crippen LogP contribution in [0.25, 0.3) is 45.0 Å². The molecule has 0 unspecified atom stereocenters. The highest BCUT2D eigenvalue weighted by molar-refractivity contribution is 7.92. The van der Waals surface area contributed by atoms with Crippen LogP contribution in [0.1, 0.15) is 58.1 Å². The lowest BCUT2D eigenvalue weighted by molar-refractivity contribution is 0.101. The number of nitrogens with one attached hydrogen (secondary N) is 5. The molecule has 111 heavy (non-hydrogen) atoms. The van der Waals surface area contributed by atoms with E-state index in [-0.39, 0.29) is 45.4 Å². The lowest BCUT2D eigenvalue weighted by Crippen LogP contribution is -2.14. The predicted octanol–water partition coefficient (Wildman–Crippen LogP) is 16.9. The normalized spacial score (nSPS) is 10.9. The maximum atomic E-state index is 12.6. The van der Waals surface area contributed by atoms with Crippen molar-refractivity contribution in [2.24, 2.45) is 0 Å². The summed E-state index contributed by atoms with van der Waals surface area (Å²) in [7, 11) is -6.61. The average Bonchev–Trinajstić information content (AvgIpc) is 1.09. The fourth-order valence-corrected chi connectivity index (χ4v) is 13.0. The second kappa shape index (κ2) is 37.6. The minimum absolute atomic E-state index is 0.137. The highest BCUT2D eigenvalue weighted by Crippen LogP contribution is 2.34. The smallest absolute Gasteiger partial charge is 0.257 e. The van der Waals surface area contributed by atoms with E-state index in [1.807, 2.05) is 97.1 Å². The van der Waals surface area contributed by atoms with Gasteiger partial charge < -0.3 is 21.3 Å². The summed E-state index contributed by atoms with van der Waals surface area (Å²) < 4.78 is 50.9. The molecule has 7 aromatic carbocycles. The Bertz CT molecular complexity index is 5620. The first kappa shape index (κ1) is 79.6. The number of rotatable bonds is 20. The zero-order valence-corrected chi connectivity index (χ0v) is 64.0. The van der Waals surface area contributed by atoms with Crippen molar-refractivity contribution in [1.29, 1.82) is 0 Å². The monoisotopic (exact) mass is 1610 g/mol. The number of carbonyl (C=O) groups is 4. The Labute approximate surface area is 662 Å². The largest absolute Gasteiger partial charge is 0.322 e. The molecule has 4 amide bonds. The molecule has 5 N–H and O–H groups in total. The molecule has 0 saturated heterocycles. The van der Waals surface area contributed by atoms with Crippen molar-refractivity contribution < 1.29 is 36.0 Å². The fourth-order valence-electron chi connectivity index (χ4n) is 10.5. The van der Waals surface area contributed by atoms with Gasteiger partial charge in [0.25, 0.3) is 23.6 Å². The van der Waals surface area contributed by atoms with Crippen LogP contribution in [0.2, 0.25) is 25.1 Å². The summed E-state index contributed by atoms with van der Waals surface area (Å²) in [5.74, 6) is -1.19. The van der Waals surface area contributed by atoms with Crippen LogP contribution in [0.3, 0.4) is 0 Å². The Morgan fingerprint density at radius 2 is 0.793 bits per heavy atom. The van der Waals surface area contributed by atoms with Gasteiger partial charge in [-0.25, -0.2) is 36.2 Å². The molecule has 558 valence electrons. The van der Waals surface area contributed by atoms with Crippen LogP contribution in [-0.4, -0.2) is 108 Å². The molecule has 24 nitrogen and oxygen atoms in total. The minimum Gasteiger partial charge on any atom is -0.322 e. The number of anilines is 5. The summed E-state index contributed by atoms with van der Waals surface area (Å²) in [5.41, 5.74) is 12.4. The van der Waals surface area contributed by atoms with E-state index >= 15 is 0 Å². The van der Waals surface area contributed by atoms with Gasteiger partial charge in [-0.2, -0.15) is 5.10 Å². The number of carbonyl (C=O) groups excluding carboxylic acids is 4. The lowest BCUT2D eigenvalue weighted by Gasteiger charge is -2.11. The summed E-state index contributed by atoms with van der Waals surface area (Å²) in [4.78, 5) is 75.2. The average molecular weight is 1620 g/mol. The highest BCUT2D eigenvalue weighted by atomic mass is 35.5. The van der Waals surface area contributed by atoms with Crippen LogP contribution >= 0.6 is 58.0 Å². The van der Waals surface area contributed by atoms with E-state index in [2.05, 4.69) is 71.3 Å². The van der Waals surface area contributed by atoms with Gasteiger partial charge in [0, 0.05) is 99.6 Å². The van der Waals surface area contributed by atoms with E-state index in [0.717, 1.165) is 46.2 Å². The van der Waals surface area contributed by atoms with E-state index in [4.69, 9.17) is 58.0 Å². The molecule has 0 bridgehead atoms. The first-order chi connectivity index (χ1) is 53.4. The van der Waals surface area contributed by atoms with E-state index in [0.29, 0.717) is 95.1 Å². The van der Waals surface area contributed by atoms with Gasteiger partial charge in [0.2, 0.25) is 10.0 Å². The van der Waals surface area contributed by atoms with Crippen LogP contribution in [0.4, 0.5) is 28.6 Å². The molecule has 0 atom stereocenters. The standard InChI is InChI=1S/2C21H16ClN5O.C20H16Cl2N2O3S.C18H15ClN4O3S/c22-19-9-8-17(11-18(19)20-3-1-2-10-24-20)26-21(28)16-6-4-15(5-7-16)12-27-14-23-13-25-27;22-19-9-8-17(13-18(19)20-3-1-2-10-23-20)25-21(28)16-6-4-15(5-7-16)14-27-12-11-24-26-27;1-28(26,27)12-13-5-7-15(18(22)10-13)20(25)24-14-6-8-17(21)16(11-14)19-4-2-3-9-23-19;1-27(25,26)23-17-8-5-12(11-21-17)18(24)22-13-6-7-15(19)14(10-13)16-4-2-3-9-20-16/h1-11,13-14H,12H2,(H,26,28);1-13H,14H2,(H,25,28);2-11H,12H2,1H3,(H,24,25);2-11H,1H3,(H,21,23)(H,22,24). The van der Waals surface area contributed by atoms with Gasteiger partial charge in [0.15, 0.2) is 9.84 Å². The van der Waals surface area contributed by atoms with Crippen LogP contribution in [0.5, 0.6) is 0 Å². The number of benzene rings is 7. The molecule has 0 aliphatic carbocycles. The zero-order valence-electron chi connectivity index (χ0n) is 58.6. The van der Waals surface area contributed by atoms with Crippen LogP contribution in [0.15, 0.2) is 280 Å². The van der Waals surface area contributed by atoms with Crippen molar-refractivity contribution in [3.8, 4) is 45.0 Å². The number of nitrogens with zero attached hydrogens (tertiary/aromatic N) is 11. The van der Waals surface area contributed by atoms with Crippen LogP contribution in [-0.2, 0) is 38.7 Å². The third kappa shape index (κ3) is 23.6. The molecular formula is C80H63Cl5N16O8S2. The van der Waals surface area contributed by atoms with Crippen molar-refractivity contribution in [2.45, 2.75) is 18.8 Å². The van der Waals surface area contributed by atoms with Gasteiger partial charge >= 0.3 is 0 Å². The van der Waals surface area contributed by atoms with E-state index in [1.165, 1.54) is 36.8 Å². The minimum atomic E-state index is -3.43. The maximum Gasteiger partial charge on any atom is 0.257 e. The summed E-state index contributed by atoms with van der Waals surface area (Å²) in [6.45, 7) is 1.21. The molecule has 7 aromatic heterocycles. The Morgan fingerprint density at radius 3 is 1.14 bits per heavy atom. The quantitative estimate of drug-likeness (QED) is 0.0473. The van der Waals surface area contributed by atoms with Crippen molar-refractivity contribution in [3.05, 3.63) is 345 Å². The Kier molecular flexibility index (Phi) is 27.0. The SMILES string of the molecule is CS(=O)(=O)Cc1ccc(C(=O)Nc2ccc(Cl)c(-c3ccccn3)c2)c(Cl)c1.CS(=O)(=O)Nc1ccc(C(=O)Nc2ccc(Cl)c(-c3ccccn3)c2)cn1.O=C(Nc1ccc(Cl)c(-c2ccccn2)c1)c1ccc(Cn2ccnn2)cc1.O=C(Nc1ccc(Cl)c(-c2ccccn2)c1)c1ccc(Cn2cncn2)cc1.